The van der Waals surface area contributed by atoms with Gasteiger partial charge in [-0.15, -0.1) is 0 Å². The largest absolute Gasteiger partial charge is 0.452 e. The SMILES string of the molecule is C[C@@H](OC(=O)C1CCC1)C(=O)N1c2ccccc2NC(=O)C1(C)C. The second-order valence-corrected chi connectivity index (χ2v) is 6.91. The van der Waals surface area contributed by atoms with E-state index < -0.39 is 17.6 Å². The molecule has 2 amide bonds. The molecule has 0 bridgehead atoms. The molecule has 1 N–H and O–H groups in total. The third-order valence-electron chi connectivity index (χ3n) is 4.81. The number of rotatable bonds is 3. The van der Waals surface area contributed by atoms with Gasteiger partial charge in [-0.2, -0.15) is 0 Å². The first-order chi connectivity index (χ1) is 11.3. The van der Waals surface area contributed by atoms with E-state index in [9.17, 15) is 14.4 Å². The van der Waals surface area contributed by atoms with Crippen LogP contribution < -0.4 is 10.2 Å². The topological polar surface area (TPSA) is 75.7 Å². The van der Waals surface area contributed by atoms with Gasteiger partial charge in [0.1, 0.15) is 5.54 Å². The van der Waals surface area contributed by atoms with Crippen LogP contribution >= 0.6 is 0 Å². The minimum atomic E-state index is -1.07. The Kier molecular flexibility index (Phi) is 4.07. The summed E-state index contributed by atoms with van der Waals surface area (Å²) in [5.41, 5.74) is 0.120. The van der Waals surface area contributed by atoms with Gasteiger partial charge in [-0.3, -0.25) is 19.3 Å². The van der Waals surface area contributed by atoms with Crippen molar-refractivity contribution >= 4 is 29.2 Å². The van der Waals surface area contributed by atoms with Crippen LogP contribution in [-0.4, -0.2) is 29.4 Å². The van der Waals surface area contributed by atoms with Gasteiger partial charge in [0.2, 0.25) is 5.91 Å². The average molecular weight is 330 g/mol. The van der Waals surface area contributed by atoms with Crippen molar-refractivity contribution in [3.8, 4) is 0 Å². The van der Waals surface area contributed by atoms with Crippen LogP contribution in [0.1, 0.15) is 40.0 Å². The first-order valence-corrected chi connectivity index (χ1v) is 8.27. The summed E-state index contributed by atoms with van der Waals surface area (Å²) in [7, 11) is 0. The second kappa shape index (κ2) is 5.92. The van der Waals surface area contributed by atoms with Gasteiger partial charge in [-0.1, -0.05) is 18.6 Å². The number of nitrogens with zero attached hydrogens (tertiary/aromatic N) is 1. The molecule has 1 aliphatic heterocycles. The fourth-order valence-corrected chi connectivity index (χ4v) is 2.99. The molecule has 1 atom stereocenters. The number of fused-ring (bicyclic) bond motifs is 1. The maximum atomic E-state index is 13.0. The molecule has 1 heterocycles. The Hall–Kier alpha value is -2.37. The van der Waals surface area contributed by atoms with Crippen LogP contribution in [-0.2, 0) is 19.1 Å². The number of ether oxygens (including phenoxy) is 1. The molecule has 128 valence electrons. The molecule has 0 radical (unpaired) electrons. The zero-order valence-corrected chi connectivity index (χ0v) is 14.2. The van der Waals surface area contributed by atoms with Crippen molar-refractivity contribution < 1.29 is 19.1 Å². The van der Waals surface area contributed by atoms with Crippen molar-refractivity contribution in [1.82, 2.24) is 0 Å². The van der Waals surface area contributed by atoms with Crippen LogP contribution in [0.25, 0.3) is 0 Å². The fourth-order valence-electron chi connectivity index (χ4n) is 2.99. The van der Waals surface area contributed by atoms with Crippen molar-refractivity contribution in [1.29, 1.82) is 0 Å². The lowest BCUT2D eigenvalue weighted by molar-refractivity contribution is -0.160. The van der Waals surface area contributed by atoms with Crippen LogP contribution in [0.3, 0.4) is 0 Å². The van der Waals surface area contributed by atoms with E-state index in [-0.39, 0.29) is 17.8 Å². The molecule has 1 aromatic carbocycles. The minimum Gasteiger partial charge on any atom is -0.452 e. The molecule has 0 spiro atoms. The van der Waals surface area contributed by atoms with Gasteiger partial charge < -0.3 is 10.1 Å². The smallest absolute Gasteiger partial charge is 0.309 e. The minimum absolute atomic E-state index is 0.0924. The van der Waals surface area contributed by atoms with Crippen LogP contribution in [0.2, 0.25) is 0 Å². The van der Waals surface area contributed by atoms with E-state index in [1.165, 1.54) is 4.90 Å². The quantitative estimate of drug-likeness (QED) is 0.864. The molecular formula is C18H22N2O4. The van der Waals surface area contributed by atoms with Gasteiger partial charge in [-0.05, 0) is 45.7 Å². The van der Waals surface area contributed by atoms with Gasteiger partial charge >= 0.3 is 5.97 Å². The van der Waals surface area contributed by atoms with Crippen LogP contribution in [0.4, 0.5) is 11.4 Å². The van der Waals surface area contributed by atoms with Crippen molar-refractivity contribution in [3.05, 3.63) is 24.3 Å². The van der Waals surface area contributed by atoms with Crippen LogP contribution in [0, 0.1) is 5.92 Å². The highest BCUT2D eigenvalue weighted by Gasteiger charge is 2.45. The second-order valence-electron chi connectivity index (χ2n) is 6.91. The lowest BCUT2D eigenvalue weighted by Gasteiger charge is -2.43. The summed E-state index contributed by atoms with van der Waals surface area (Å²) in [5, 5.41) is 2.81. The fraction of sp³-hybridized carbons (Fsp3) is 0.500. The molecule has 2 aliphatic rings. The highest BCUT2D eigenvalue weighted by molar-refractivity contribution is 6.15. The highest BCUT2D eigenvalue weighted by Crippen LogP contribution is 2.37. The molecule has 3 rings (SSSR count). The summed E-state index contributed by atoms with van der Waals surface area (Å²) in [5.74, 6) is -1.08. The molecule has 1 aliphatic carbocycles. The number of esters is 1. The number of hydrogen-bond acceptors (Lipinski definition) is 4. The van der Waals surface area contributed by atoms with Crippen molar-refractivity contribution in [2.75, 3.05) is 10.2 Å². The van der Waals surface area contributed by atoms with Gasteiger partial charge in [0.15, 0.2) is 6.10 Å². The maximum absolute atomic E-state index is 13.0. The molecule has 24 heavy (non-hydrogen) atoms. The summed E-state index contributed by atoms with van der Waals surface area (Å²) < 4.78 is 5.35. The Balaban J connectivity index is 1.86. The van der Waals surface area contributed by atoms with E-state index in [1.807, 2.05) is 0 Å². The van der Waals surface area contributed by atoms with Crippen molar-refractivity contribution in [2.45, 2.75) is 51.7 Å². The Morgan fingerprint density at radius 1 is 1.29 bits per heavy atom. The van der Waals surface area contributed by atoms with E-state index in [0.29, 0.717) is 11.4 Å². The van der Waals surface area contributed by atoms with Crippen molar-refractivity contribution in [3.63, 3.8) is 0 Å². The zero-order valence-electron chi connectivity index (χ0n) is 14.2. The number of para-hydroxylation sites is 2. The molecule has 0 saturated heterocycles. The van der Waals surface area contributed by atoms with Crippen LogP contribution in [0.15, 0.2) is 24.3 Å². The van der Waals surface area contributed by atoms with E-state index in [2.05, 4.69) is 5.32 Å². The molecule has 6 heteroatoms. The normalized spacial score (nSPS) is 20.5. The summed E-state index contributed by atoms with van der Waals surface area (Å²) in [6, 6.07) is 7.11. The van der Waals surface area contributed by atoms with Gasteiger partial charge in [-0.25, -0.2) is 0 Å². The Bertz CT molecular complexity index is 694. The molecule has 1 aromatic rings. The number of amides is 2. The molecule has 0 aromatic heterocycles. The monoisotopic (exact) mass is 330 g/mol. The highest BCUT2D eigenvalue weighted by atomic mass is 16.5. The molecule has 1 saturated carbocycles. The number of carbonyl (C=O) groups excluding carboxylic acids is 3. The van der Waals surface area contributed by atoms with Gasteiger partial charge in [0.05, 0.1) is 17.3 Å². The summed E-state index contributed by atoms with van der Waals surface area (Å²) >= 11 is 0. The summed E-state index contributed by atoms with van der Waals surface area (Å²) in [6.07, 6.45) is 1.73. The first-order valence-electron chi connectivity index (χ1n) is 8.27. The summed E-state index contributed by atoms with van der Waals surface area (Å²) in [6.45, 7) is 4.91. The third-order valence-corrected chi connectivity index (χ3v) is 4.81. The van der Waals surface area contributed by atoms with Crippen molar-refractivity contribution in [2.24, 2.45) is 5.92 Å². The Labute approximate surface area is 141 Å². The van der Waals surface area contributed by atoms with Gasteiger partial charge in [0.25, 0.3) is 5.91 Å². The number of carbonyl (C=O) groups is 3. The lowest BCUT2D eigenvalue weighted by Crippen LogP contribution is -2.60. The van der Waals surface area contributed by atoms with Gasteiger partial charge in [0, 0.05) is 0 Å². The van der Waals surface area contributed by atoms with E-state index >= 15 is 0 Å². The number of benzene rings is 1. The number of anilines is 2. The van der Waals surface area contributed by atoms with Crippen LogP contribution in [0.5, 0.6) is 0 Å². The lowest BCUT2D eigenvalue weighted by atomic mass is 9.86. The zero-order chi connectivity index (χ0) is 17.5. The predicted molar refractivity (Wildman–Crippen MR) is 89.5 cm³/mol. The third kappa shape index (κ3) is 2.66. The van der Waals surface area contributed by atoms with E-state index in [0.717, 1.165) is 19.3 Å². The predicted octanol–water partition coefficient (Wildman–Crippen LogP) is 2.48. The number of hydrogen-bond donors (Lipinski definition) is 1. The molecule has 1 fully saturated rings. The molecular weight excluding hydrogens is 308 g/mol. The average Bonchev–Trinajstić information content (AvgIpc) is 2.45. The summed E-state index contributed by atoms with van der Waals surface area (Å²) in [4.78, 5) is 38.8. The standard InChI is InChI=1S/C18H22N2O4/c1-11(24-16(22)12-7-6-8-12)15(21)20-14-10-5-4-9-13(14)19-17(23)18(20,2)3/h4-5,9-12H,6-8H2,1-3H3,(H,19,23)/t11-/m1/s1. The van der Waals surface area contributed by atoms with E-state index in [4.69, 9.17) is 4.74 Å². The molecule has 6 nitrogen and oxygen atoms in total. The van der Waals surface area contributed by atoms with E-state index in [1.54, 1.807) is 45.0 Å². The number of nitrogens with one attached hydrogen (secondary N) is 1. The Morgan fingerprint density at radius 3 is 2.58 bits per heavy atom. The molecule has 0 unspecified atom stereocenters. The maximum Gasteiger partial charge on any atom is 0.309 e. The first kappa shape index (κ1) is 16.5. The Morgan fingerprint density at radius 2 is 1.96 bits per heavy atom.